The number of pyridine rings is 1. The maximum Gasteiger partial charge on any atom is 0.226 e. The van der Waals surface area contributed by atoms with Crippen molar-refractivity contribution in [1.82, 2.24) is 15.1 Å². The number of hydrogen-bond donors (Lipinski definition) is 2. The molecule has 0 atom stereocenters. The molecule has 0 spiro atoms. The van der Waals surface area contributed by atoms with E-state index in [0.717, 1.165) is 5.56 Å². The lowest BCUT2D eigenvalue weighted by atomic mass is 10.2. The van der Waals surface area contributed by atoms with E-state index in [1.165, 1.54) is 12.1 Å². The van der Waals surface area contributed by atoms with Crippen molar-refractivity contribution in [3.05, 3.63) is 54.7 Å². The highest BCUT2D eigenvalue weighted by Crippen LogP contribution is 2.16. The molecule has 0 unspecified atom stereocenters. The van der Waals surface area contributed by atoms with Crippen molar-refractivity contribution in [2.24, 2.45) is 0 Å². The third-order valence-electron chi connectivity index (χ3n) is 3.33. The first-order valence-corrected chi connectivity index (χ1v) is 7.52. The van der Waals surface area contributed by atoms with Gasteiger partial charge >= 0.3 is 0 Å². The average Bonchev–Trinajstić information content (AvgIpc) is 3.07. The van der Waals surface area contributed by atoms with Crippen molar-refractivity contribution in [1.29, 1.82) is 0 Å². The molecule has 0 aliphatic heterocycles. The number of phenolic OH excluding ortho intramolecular Hbond substituents is 1. The third kappa shape index (κ3) is 4.16. The van der Waals surface area contributed by atoms with Crippen LogP contribution in [0.1, 0.15) is 18.7 Å². The minimum absolute atomic E-state index is 0.104. The lowest BCUT2D eigenvalue weighted by Crippen LogP contribution is -2.11. The van der Waals surface area contributed by atoms with Gasteiger partial charge in [0.25, 0.3) is 0 Å². The van der Waals surface area contributed by atoms with Gasteiger partial charge in [0.1, 0.15) is 5.75 Å². The molecular weight excluding hydrogens is 308 g/mol. The number of anilines is 1. The second kappa shape index (κ2) is 7.36. The summed E-state index contributed by atoms with van der Waals surface area (Å²) in [4.78, 5) is 20.2. The van der Waals surface area contributed by atoms with Crippen molar-refractivity contribution in [2.45, 2.75) is 19.3 Å². The number of amides is 1. The molecule has 2 heterocycles. The van der Waals surface area contributed by atoms with E-state index >= 15 is 0 Å². The molecule has 122 valence electrons. The van der Waals surface area contributed by atoms with Crippen molar-refractivity contribution >= 4 is 11.6 Å². The minimum atomic E-state index is -0.104. The van der Waals surface area contributed by atoms with E-state index in [0.29, 0.717) is 36.7 Å². The van der Waals surface area contributed by atoms with Crippen LogP contribution >= 0.6 is 0 Å². The lowest BCUT2D eigenvalue weighted by Gasteiger charge is -2.04. The molecule has 7 nitrogen and oxygen atoms in total. The van der Waals surface area contributed by atoms with E-state index in [-0.39, 0.29) is 11.7 Å². The highest BCUT2D eigenvalue weighted by Gasteiger charge is 2.09. The summed E-state index contributed by atoms with van der Waals surface area (Å²) in [5.74, 6) is 1.04. The van der Waals surface area contributed by atoms with E-state index in [9.17, 15) is 9.90 Å². The fourth-order valence-electron chi connectivity index (χ4n) is 2.14. The van der Waals surface area contributed by atoms with Gasteiger partial charge in [-0.15, -0.1) is 0 Å². The second-order valence-electron chi connectivity index (χ2n) is 5.20. The van der Waals surface area contributed by atoms with Crippen molar-refractivity contribution in [3.8, 4) is 17.1 Å². The maximum absolute atomic E-state index is 11.9. The van der Waals surface area contributed by atoms with E-state index in [4.69, 9.17) is 4.52 Å². The van der Waals surface area contributed by atoms with Gasteiger partial charge in [-0.3, -0.25) is 9.78 Å². The number of nitrogens with one attached hydrogen (secondary N) is 1. The molecule has 3 aromatic rings. The Bertz CT molecular complexity index is 800. The van der Waals surface area contributed by atoms with Crippen molar-refractivity contribution in [3.63, 3.8) is 0 Å². The molecule has 1 aromatic carbocycles. The van der Waals surface area contributed by atoms with Crippen LogP contribution in [0.25, 0.3) is 11.4 Å². The molecule has 7 heteroatoms. The van der Waals surface area contributed by atoms with Crippen LogP contribution in [0.2, 0.25) is 0 Å². The van der Waals surface area contributed by atoms with Crippen LogP contribution in [0.5, 0.6) is 5.75 Å². The summed E-state index contributed by atoms with van der Waals surface area (Å²) in [6.45, 7) is 0. The fourth-order valence-corrected chi connectivity index (χ4v) is 2.14. The largest absolute Gasteiger partial charge is 0.508 e. The van der Waals surface area contributed by atoms with Gasteiger partial charge in [-0.1, -0.05) is 5.16 Å². The van der Waals surface area contributed by atoms with E-state index < -0.39 is 0 Å². The Morgan fingerprint density at radius 3 is 2.79 bits per heavy atom. The number of nitrogens with zero attached hydrogens (tertiary/aromatic N) is 3. The van der Waals surface area contributed by atoms with Gasteiger partial charge < -0.3 is 14.9 Å². The van der Waals surface area contributed by atoms with Gasteiger partial charge in [-0.05, 0) is 42.8 Å². The number of carbonyl (C=O) groups excluding carboxylic acids is 1. The van der Waals surface area contributed by atoms with Crippen LogP contribution in [-0.4, -0.2) is 26.1 Å². The van der Waals surface area contributed by atoms with E-state index in [2.05, 4.69) is 20.4 Å². The summed E-state index contributed by atoms with van der Waals surface area (Å²) in [6.07, 6.45) is 4.80. The molecule has 0 aliphatic carbocycles. The molecule has 0 bridgehead atoms. The highest BCUT2D eigenvalue weighted by atomic mass is 16.5. The summed E-state index contributed by atoms with van der Waals surface area (Å²) >= 11 is 0. The number of carbonyl (C=O) groups is 1. The van der Waals surface area contributed by atoms with Crippen LogP contribution < -0.4 is 5.32 Å². The zero-order valence-corrected chi connectivity index (χ0v) is 12.8. The smallest absolute Gasteiger partial charge is 0.226 e. The number of hydrogen-bond acceptors (Lipinski definition) is 6. The SMILES string of the molecule is O=C(CCCc1nc(-c2cccnc2)no1)Nc1ccc(O)cc1. The number of aromatic hydroxyl groups is 1. The first kappa shape index (κ1) is 15.7. The predicted molar refractivity (Wildman–Crippen MR) is 87.2 cm³/mol. The number of rotatable bonds is 6. The normalized spacial score (nSPS) is 10.5. The van der Waals surface area contributed by atoms with Gasteiger partial charge in [0.2, 0.25) is 17.6 Å². The van der Waals surface area contributed by atoms with Crippen LogP contribution in [0, 0.1) is 0 Å². The van der Waals surface area contributed by atoms with Crippen LogP contribution in [0.15, 0.2) is 53.3 Å². The number of benzene rings is 1. The third-order valence-corrected chi connectivity index (χ3v) is 3.33. The Hall–Kier alpha value is -3.22. The molecule has 2 N–H and O–H groups in total. The molecule has 0 saturated heterocycles. The minimum Gasteiger partial charge on any atom is -0.508 e. The number of phenols is 1. The topological polar surface area (TPSA) is 101 Å². The summed E-state index contributed by atoms with van der Waals surface area (Å²) in [6, 6.07) is 9.99. The molecule has 24 heavy (non-hydrogen) atoms. The summed E-state index contributed by atoms with van der Waals surface area (Å²) < 4.78 is 5.18. The van der Waals surface area contributed by atoms with Crippen LogP contribution in [0.3, 0.4) is 0 Å². The Kier molecular flexibility index (Phi) is 4.81. The lowest BCUT2D eigenvalue weighted by molar-refractivity contribution is -0.116. The Labute approximate surface area is 138 Å². The summed E-state index contributed by atoms with van der Waals surface area (Å²) in [5.41, 5.74) is 1.44. The molecule has 2 aromatic heterocycles. The standard InChI is InChI=1S/C17H16N4O3/c22-14-8-6-13(7-9-14)19-15(23)4-1-5-16-20-17(21-24-16)12-3-2-10-18-11-12/h2-3,6-11,22H,1,4-5H2,(H,19,23). The Morgan fingerprint density at radius 1 is 1.21 bits per heavy atom. The van der Waals surface area contributed by atoms with E-state index in [1.807, 2.05) is 6.07 Å². The van der Waals surface area contributed by atoms with Gasteiger partial charge in [-0.2, -0.15) is 4.98 Å². The van der Waals surface area contributed by atoms with Gasteiger partial charge in [-0.25, -0.2) is 0 Å². The van der Waals surface area contributed by atoms with Gasteiger partial charge in [0.05, 0.1) is 0 Å². The molecule has 0 aliphatic rings. The molecule has 1 amide bonds. The Balaban J connectivity index is 1.47. The van der Waals surface area contributed by atoms with Crippen molar-refractivity contribution in [2.75, 3.05) is 5.32 Å². The summed E-state index contributed by atoms with van der Waals surface area (Å²) in [5, 5.41) is 15.9. The van der Waals surface area contributed by atoms with Crippen LogP contribution in [0.4, 0.5) is 5.69 Å². The maximum atomic E-state index is 11.9. The van der Waals surface area contributed by atoms with Crippen LogP contribution in [-0.2, 0) is 11.2 Å². The zero-order valence-electron chi connectivity index (χ0n) is 12.8. The first-order chi connectivity index (χ1) is 11.7. The Morgan fingerprint density at radius 2 is 2.04 bits per heavy atom. The zero-order chi connectivity index (χ0) is 16.8. The van der Waals surface area contributed by atoms with Crippen molar-refractivity contribution < 1.29 is 14.4 Å². The fraction of sp³-hybridized carbons (Fsp3) is 0.176. The summed E-state index contributed by atoms with van der Waals surface area (Å²) in [7, 11) is 0. The van der Waals surface area contributed by atoms with Gasteiger partial charge in [0, 0.05) is 36.5 Å². The average molecular weight is 324 g/mol. The second-order valence-corrected chi connectivity index (χ2v) is 5.20. The molecule has 0 saturated carbocycles. The highest BCUT2D eigenvalue weighted by molar-refractivity contribution is 5.90. The first-order valence-electron chi connectivity index (χ1n) is 7.52. The molecule has 3 rings (SSSR count). The molecule has 0 fully saturated rings. The quantitative estimate of drug-likeness (QED) is 0.676. The van der Waals surface area contributed by atoms with E-state index in [1.54, 1.807) is 30.6 Å². The molecular formula is C17H16N4O3. The predicted octanol–water partition coefficient (Wildman–Crippen LogP) is 2.80. The monoisotopic (exact) mass is 324 g/mol. The van der Waals surface area contributed by atoms with Gasteiger partial charge in [0.15, 0.2) is 0 Å². The number of aromatic nitrogens is 3. The number of aryl methyl sites for hydroxylation is 1. The molecule has 0 radical (unpaired) electrons.